The van der Waals surface area contributed by atoms with E-state index in [1.165, 1.54) is 11.1 Å². The van der Waals surface area contributed by atoms with Crippen LogP contribution in [0.5, 0.6) is 11.5 Å². The molecular weight excluding hydrogens is 366 g/mol. The highest BCUT2D eigenvalue weighted by molar-refractivity contribution is 5.76. The Morgan fingerprint density at radius 3 is 1.30 bits per heavy atom. The van der Waals surface area contributed by atoms with Crippen LogP contribution in [0, 0.1) is 10.8 Å². The monoisotopic (exact) mass is 407 g/mol. The second-order valence-electron chi connectivity index (χ2n) is 12.9. The van der Waals surface area contributed by atoms with Crippen molar-refractivity contribution < 1.29 is 4.74 Å². The zero-order valence-corrected chi connectivity index (χ0v) is 20.8. The summed E-state index contributed by atoms with van der Waals surface area (Å²) in [5.74, 6) is 1.85. The summed E-state index contributed by atoms with van der Waals surface area (Å²) in [6.07, 6.45) is 2.24. The fourth-order valence-corrected chi connectivity index (χ4v) is 5.38. The van der Waals surface area contributed by atoms with E-state index in [9.17, 15) is 0 Å². The van der Waals surface area contributed by atoms with E-state index in [1.54, 1.807) is 0 Å². The molecule has 0 saturated carbocycles. The molecule has 0 atom stereocenters. The molecule has 164 valence electrons. The standard InChI is InChI=1S/C28H41NO/c1-25(2,3)17-27(7,8)19-11-13-21-23(15-19)30-24-16-20(12-14-22(24)29-21)28(9,10)18-26(4,5)6/h11-16,29H,17-18H2,1-10H3. The third kappa shape index (κ3) is 5.20. The molecular formula is C28H41NO. The zero-order valence-electron chi connectivity index (χ0n) is 20.8. The molecule has 1 aliphatic rings. The van der Waals surface area contributed by atoms with Gasteiger partial charge in [-0.1, -0.05) is 81.4 Å². The second kappa shape index (κ2) is 7.32. The van der Waals surface area contributed by atoms with Crippen LogP contribution in [-0.2, 0) is 10.8 Å². The average molecular weight is 408 g/mol. The molecule has 2 nitrogen and oxygen atoms in total. The first-order valence-electron chi connectivity index (χ1n) is 11.3. The fourth-order valence-electron chi connectivity index (χ4n) is 5.38. The van der Waals surface area contributed by atoms with Gasteiger partial charge < -0.3 is 10.1 Å². The van der Waals surface area contributed by atoms with Gasteiger partial charge in [-0.05, 0) is 69.9 Å². The van der Waals surface area contributed by atoms with E-state index in [4.69, 9.17) is 4.74 Å². The van der Waals surface area contributed by atoms with Gasteiger partial charge in [-0.2, -0.15) is 0 Å². The quantitative estimate of drug-likeness (QED) is 0.466. The van der Waals surface area contributed by atoms with Crippen LogP contribution < -0.4 is 10.1 Å². The smallest absolute Gasteiger partial charge is 0.151 e. The Morgan fingerprint density at radius 1 is 0.600 bits per heavy atom. The first-order valence-corrected chi connectivity index (χ1v) is 11.3. The van der Waals surface area contributed by atoms with E-state index >= 15 is 0 Å². The summed E-state index contributed by atoms with van der Waals surface area (Å²) >= 11 is 0. The fraction of sp³-hybridized carbons (Fsp3) is 0.571. The van der Waals surface area contributed by atoms with Crippen molar-refractivity contribution >= 4 is 11.4 Å². The molecule has 1 N–H and O–H groups in total. The maximum absolute atomic E-state index is 6.45. The first kappa shape index (κ1) is 22.7. The molecule has 0 unspecified atom stereocenters. The van der Waals surface area contributed by atoms with Crippen molar-refractivity contribution in [1.82, 2.24) is 0 Å². The summed E-state index contributed by atoms with van der Waals surface area (Å²) in [4.78, 5) is 0. The van der Waals surface area contributed by atoms with Crippen molar-refractivity contribution in [2.45, 2.75) is 92.9 Å². The topological polar surface area (TPSA) is 21.3 Å². The van der Waals surface area contributed by atoms with Crippen LogP contribution in [-0.4, -0.2) is 0 Å². The van der Waals surface area contributed by atoms with E-state index in [1.807, 2.05) is 0 Å². The van der Waals surface area contributed by atoms with Crippen molar-refractivity contribution in [2.24, 2.45) is 10.8 Å². The Labute approximate surface area is 184 Å². The van der Waals surface area contributed by atoms with Gasteiger partial charge in [-0.25, -0.2) is 0 Å². The van der Waals surface area contributed by atoms with Crippen LogP contribution in [0.3, 0.4) is 0 Å². The van der Waals surface area contributed by atoms with Crippen LogP contribution in [0.1, 0.15) is 93.2 Å². The number of hydrogen-bond donors (Lipinski definition) is 1. The zero-order chi connectivity index (χ0) is 22.5. The van der Waals surface area contributed by atoms with Crippen molar-refractivity contribution in [3.63, 3.8) is 0 Å². The largest absolute Gasteiger partial charge is 0.453 e. The Balaban J connectivity index is 1.91. The van der Waals surface area contributed by atoms with Crippen molar-refractivity contribution in [2.75, 3.05) is 5.32 Å². The third-order valence-electron chi connectivity index (χ3n) is 5.96. The Hall–Kier alpha value is -1.96. The van der Waals surface area contributed by atoms with Gasteiger partial charge in [0.2, 0.25) is 0 Å². The normalized spacial score (nSPS) is 14.5. The highest BCUT2D eigenvalue weighted by Gasteiger charge is 2.31. The lowest BCUT2D eigenvalue weighted by atomic mass is 9.72. The van der Waals surface area contributed by atoms with Crippen molar-refractivity contribution in [3.05, 3.63) is 47.5 Å². The predicted molar refractivity (Wildman–Crippen MR) is 130 cm³/mol. The van der Waals surface area contributed by atoms with Gasteiger partial charge in [0, 0.05) is 0 Å². The molecule has 1 heterocycles. The van der Waals surface area contributed by atoms with Gasteiger partial charge in [0.1, 0.15) is 0 Å². The van der Waals surface area contributed by atoms with Gasteiger partial charge in [-0.3, -0.25) is 0 Å². The molecule has 0 amide bonds. The van der Waals surface area contributed by atoms with E-state index in [0.29, 0.717) is 0 Å². The lowest BCUT2D eigenvalue weighted by Crippen LogP contribution is -2.25. The Bertz CT molecular complexity index is 847. The molecule has 0 bridgehead atoms. The minimum absolute atomic E-state index is 0.0907. The van der Waals surface area contributed by atoms with Gasteiger partial charge in [0.25, 0.3) is 0 Å². The van der Waals surface area contributed by atoms with Gasteiger partial charge in [0.15, 0.2) is 11.5 Å². The summed E-state index contributed by atoms with van der Waals surface area (Å²) in [5.41, 5.74) is 5.47. The lowest BCUT2D eigenvalue weighted by molar-refractivity contribution is 0.283. The van der Waals surface area contributed by atoms with Gasteiger partial charge >= 0.3 is 0 Å². The van der Waals surface area contributed by atoms with Crippen LogP contribution in [0.25, 0.3) is 0 Å². The molecule has 3 rings (SSSR count). The van der Waals surface area contributed by atoms with E-state index in [0.717, 1.165) is 35.7 Å². The summed E-state index contributed by atoms with van der Waals surface area (Å²) in [5, 5.41) is 3.57. The molecule has 1 aliphatic heterocycles. The summed E-state index contributed by atoms with van der Waals surface area (Å²) in [6, 6.07) is 13.3. The second-order valence-corrected chi connectivity index (χ2v) is 12.9. The third-order valence-corrected chi connectivity index (χ3v) is 5.96. The molecule has 0 spiro atoms. The van der Waals surface area contributed by atoms with Crippen LogP contribution in [0.15, 0.2) is 36.4 Å². The summed E-state index contributed by atoms with van der Waals surface area (Å²) < 4.78 is 6.45. The van der Waals surface area contributed by atoms with E-state index in [2.05, 4.69) is 111 Å². The molecule has 2 heteroatoms. The molecule has 0 aromatic heterocycles. The summed E-state index contributed by atoms with van der Waals surface area (Å²) in [6.45, 7) is 23.2. The minimum Gasteiger partial charge on any atom is -0.453 e. The minimum atomic E-state index is 0.0907. The highest BCUT2D eigenvalue weighted by atomic mass is 16.5. The molecule has 2 aromatic rings. The van der Waals surface area contributed by atoms with Crippen molar-refractivity contribution in [1.29, 1.82) is 0 Å². The highest BCUT2D eigenvalue weighted by Crippen LogP contribution is 2.47. The lowest BCUT2D eigenvalue weighted by Gasteiger charge is -2.35. The van der Waals surface area contributed by atoms with E-state index in [-0.39, 0.29) is 21.7 Å². The number of fused-ring (bicyclic) bond motifs is 2. The SMILES string of the molecule is CC(C)(C)CC(C)(C)c1ccc2c(c1)Oc1cc(C(C)(C)CC(C)(C)C)ccc1N2. The molecule has 0 fully saturated rings. The van der Waals surface area contributed by atoms with Crippen LogP contribution >= 0.6 is 0 Å². The number of nitrogens with one attached hydrogen (secondary N) is 1. The van der Waals surface area contributed by atoms with Crippen LogP contribution in [0.2, 0.25) is 0 Å². The number of benzene rings is 2. The molecule has 0 aliphatic carbocycles. The van der Waals surface area contributed by atoms with Crippen molar-refractivity contribution in [3.8, 4) is 11.5 Å². The predicted octanol–water partition coefficient (Wildman–Crippen LogP) is 8.96. The molecule has 30 heavy (non-hydrogen) atoms. The Kier molecular flexibility index (Phi) is 5.55. The first-order chi connectivity index (χ1) is 13.6. The Morgan fingerprint density at radius 2 is 0.967 bits per heavy atom. The van der Waals surface area contributed by atoms with Crippen LogP contribution in [0.4, 0.5) is 11.4 Å². The maximum Gasteiger partial charge on any atom is 0.151 e. The van der Waals surface area contributed by atoms with E-state index < -0.39 is 0 Å². The van der Waals surface area contributed by atoms with Gasteiger partial charge in [-0.15, -0.1) is 0 Å². The maximum atomic E-state index is 6.45. The van der Waals surface area contributed by atoms with Gasteiger partial charge in [0.05, 0.1) is 11.4 Å². The molecule has 2 aromatic carbocycles. The average Bonchev–Trinajstić information content (AvgIpc) is 2.54. The number of ether oxygens (including phenoxy) is 1. The molecule has 0 radical (unpaired) electrons. The number of rotatable bonds is 4. The molecule has 0 saturated heterocycles. The summed E-state index contributed by atoms with van der Waals surface area (Å²) in [7, 11) is 0. The number of hydrogen-bond acceptors (Lipinski definition) is 2. The number of anilines is 2.